The fraction of sp³-hybridized carbons (Fsp3) is 0.304. The van der Waals surface area contributed by atoms with Crippen molar-refractivity contribution in [2.24, 2.45) is 0 Å². The molecule has 3 rings (SSSR count). The number of hydrogen-bond acceptors (Lipinski definition) is 6. The first-order chi connectivity index (χ1) is 15.5. The van der Waals surface area contributed by atoms with Crippen LogP contribution in [0.2, 0.25) is 0 Å². The smallest absolute Gasteiger partial charge is 0.227 e. The van der Waals surface area contributed by atoms with Crippen molar-refractivity contribution in [1.29, 1.82) is 0 Å². The minimum atomic E-state index is -0.194. The summed E-state index contributed by atoms with van der Waals surface area (Å²) in [7, 11) is 1.61. The molecule has 0 aliphatic rings. The van der Waals surface area contributed by atoms with Crippen molar-refractivity contribution < 1.29 is 14.3 Å². The molecule has 0 bridgehead atoms. The highest BCUT2D eigenvalue weighted by molar-refractivity contribution is 9.10. The van der Waals surface area contributed by atoms with Crippen LogP contribution in [0, 0.1) is 0 Å². The normalized spacial score (nSPS) is 10.6. The summed E-state index contributed by atoms with van der Waals surface area (Å²) in [5.41, 5.74) is 1.84. The van der Waals surface area contributed by atoms with Crippen molar-refractivity contribution in [1.82, 2.24) is 15.1 Å². The second-order valence-corrected chi connectivity index (χ2v) is 9.02. The van der Waals surface area contributed by atoms with E-state index in [1.807, 2.05) is 55.5 Å². The second kappa shape index (κ2) is 11.7. The Morgan fingerprint density at radius 3 is 2.59 bits per heavy atom. The SMILES string of the molecule is CCCN(CCC(=O)Nc1nnc(-c2cccc(Br)c2)s1)C(=O)Cc1ccc(OC)cc1. The molecule has 0 radical (unpaired) electrons. The first kappa shape index (κ1) is 23.9. The Hall–Kier alpha value is -2.78. The summed E-state index contributed by atoms with van der Waals surface area (Å²) in [5, 5.41) is 12.2. The van der Waals surface area contributed by atoms with E-state index in [0.29, 0.717) is 18.2 Å². The molecule has 2 amide bonds. The first-order valence-electron chi connectivity index (χ1n) is 10.3. The van der Waals surface area contributed by atoms with Gasteiger partial charge in [-0.3, -0.25) is 9.59 Å². The quantitative estimate of drug-likeness (QED) is 0.418. The van der Waals surface area contributed by atoms with Crippen LogP contribution in [0.25, 0.3) is 10.6 Å². The standard InChI is InChI=1S/C23H25BrN4O3S/c1-3-12-28(21(30)14-16-7-9-19(31-2)10-8-16)13-11-20(29)25-23-27-26-22(32-23)17-5-4-6-18(24)15-17/h4-10,15H,3,11-14H2,1-2H3,(H,25,27,29). The van der Waals surface area contributed by atoms with Crippen LogP contribution in [-0.4, -0.2) is 47.1 Å². The number of aromatic nitrogens is 2. The van der Waals surface area contributed by atoms with Crippen LogP contribution >= 0.6 is 27.3 Å². The summed E-state index contributed by atoms with van der Waals surface area (Å²) in [6.45, 7) is 2.97. The monoisotopic (exact) mass is 516 g/mol. The Morgan fingerprint density at radius 1 is 1.12 bits per heavy atom. The van der Waals surface area contributed by atoms with E-state index in [9.17, 15) is 9.59 Å². The molecule has 168 valence electrons. The molecule has 3 aromatic rings. The van der Waals surface area contributed by atoms with Crippen molar-refractivity contribution in [2.45, 2.75) is 26.2 Å². The van der Waals surface area contributed by atoms with Gasteiger partial charge in [0.1, 0.15) is 10.8 Å². The molecule has 2 aromatic carbocycles. The minimum absolute atomic E-state index is 0.00215. The third kappa shape index (κ3) is 6.86. The van der Waals surface area contributed by atoms with E-state index < -0.39 is 0 Å². The molecule has 0 atom stereocenters. The number of amides is 2. The number of benzene rings is 2. The molecule has 1 heterocycles. The molecule has 0 fully saturated rings. The van der Waals surface area contributed by atoms with Crippen molar-refractivity contribution in [3.8, 4) is 16.3 Å². The molecule has 0 aliphatic carbocycles. The molecule has 0 spiro atoms. The third-order valence-corrected chi connectivity index (χ3v) is 6.09. The van der Waals surface area contributed by atoms with Crippen molar-refractivity contribution in [3.63, 3.8) is 0 Å². The van der Waals surface area contributed by atoms with Gasteiger partial charge in [0.2, 0.25) is 16.9 Å². The van der Waals surface area contributed by atoms with E-state index in [2.05, 4.69) is 31.4 Å². The van der Waals surface area contributed by atoms with Crippen LogP contribution in [0.3, 0.4) is 0 Å². The lowest BCUT2D eigenvalue weighted by molar-refractivity contribution is -0.131. The number of methoxy groups -OCH3 is 1. The Balaban J connectivity index is 1.53. The Kier molecular flexibility index (Phi) is 8.75. The molecule has 0 unspecified atom stereocenters. The van der Waals surface area contributed by atoms with Crippen LogP contribution in [-0.2, 0) is 16.0 Å². The minimum Gasteiger partial charge on any atom is -0.497 e. The van der Waals surface area contributed by atoms with Gasteiger partial charge in [-0.25, -0.2) is 0 Å². The summed E-state index contributed by atoms with van der Waals surface area (Å²) in [6, 6.07) is 15.2. The number of carbonyl (C=O) groups is 2. The number of carbonyl (C=O) groups excluding carboxylic acids is 2. The number of halogens is 1. The topological polar surface area (TPSA) is 84.4 Å². The third-order valence-electron chi connectivity index (χ3n) is 4.71. The Morgan fingerprint density at radius 2 is 1.91 bits per heavy atom. The Labute approximate surface area is 199 Å². The average Bonchev–Trinajstić information content (AvgIpc) is 3.25. The fourth-order valence-corrected chi connectivity index (χ4v) is 4.25. The van der Waals surface area contributed by atoms with Gasteiger partial charge in [-0.1, -0.05) is 58.5 Å². The molecule has 7 nitrogen and oxygen atoms in total. The van der Waals surface area contributed by atoms with Crippen LogP contribution < -0.4 is 10.1 Å². The molecule has 0 saturated carbocycles. The highest BCUT2D eigenvalue weighted by Crippen LogP contribution is 2.28. The zero-order valence-corrected chi connectivity index (χ0v) is 20.4. The van der Waals surface area contributed by atoms with E-state index in [1.54, 1.807) is 12.0 Å². The van der Waals surface area contributed by atoms with Gasteiger partial charge in [0.25, 0.3) is 0 Å². The number of anilines is 1. The summed E-state index contributed by atoms with van der Waals surface area (Å²) in [5.74, 6) is 0.556. The van der Waals surface area contributed by atoms with E-state index in [4.69, 9.17) is 4.74 Å². The zero-order valence-electron chi connectivity index (χ0n) is 18.0. The number of nitrogens with zero attached hydrogens (tertiary/aromatic N) is 3. The summed E-state index contributed by atoms with van der Waals surface area (Å²) < 4.78 is 6.11. The van der Waals surface area contributed by atoms with Crippen molar-refractivity contribution >= 4 is 44.2 Å². The van der Waals surface area contributed by atoms with Gasteiger partial charge in [0, 0.05) is 29.5 Å². The number of nitrogens with one attached hydrogen (secondary N) is 1. The Bertz CT molecular complexity index is 1060. The highest BCUT2D eigenvalue weighted by Gasteiger charge is 2.16. The van der Waals surface area contributed by atoms with Crippen LogP contribution in [0.1, 0.15) is 25.3 Å². The maximum absolute atomic E-state index is 12.8. The average molecular weight is 517 g/mol. The van der Waals surface area contributed by atoms with Crippen molar-refractivity contribution in [2.75, 3.05) is 25.5 Å². The maximum Gasteiger partial charge on any atom is 0.227 e. The van der Waals surface area contributed by atoms with E-state index in [0.717, 1.165) is 32.8 Å². The van der Waals surface area contributed by atoms with Gasteiger partial charge >= 0.3 is 0 Å². The lowest BCUT2D eigenvalue weighted by atomic mass is 10.1. The van der Waals surface area contributed by atoms with E-state index in [-0.39, 0.29) is 24.7 Å². The van der Waals surface area contributed by atoms with Gasteiger partial charge in [-0.2, -0.15) is 0 Å². The molecule has 0 aliphatic heterocycles. The number of hydrogen-bond donors (Lipinski definition) is 1. The fourth-order valence-electron chi connectivity index (χ4n) is 3.09. The summed E-state index contributed by atoms with van der Waals surface area (Å²) in [4.78, 5) is 26.9. The van der Waals surface area contributed by atoms with Gasteiger partial charge in [0.15, 0.2) is 0 Å². The van der Waals surface area contributed by atoms with Crippen molar-refractivity contribution in [3.05, 3.63) is 58.6 Å². The zero-order chi connectivity index (χ0) is 22.9. The number of rotatable bonds is 10. The molecule has 1 N–H and O–H groups in total. The predicted molar refractivity (Wildman–Crippen MR) is 130 cm³/mol. The van der Waals surface area contributed by atoms with E-state index in [1.165, 1.54) is 11.3 Å². The highest BCUT2D eigenvalue weighted by atomic mass is 79.9. The van der Waals surface area contributed by atoms with E-state index >= 15 is 0 Å². The number of ether oxygens (including phenoxy) is 1. The van der Waals surface area contributed by atoms with Crippen LogP contribution in [0.4, 0.5) is 5.13 Å². The van der Waals surface area contributed by atoms with Gasteiger partial charge in [0.05, 0.1) is 13.5 Å². The second-order valence-electron chi connectivity index (χ2n) is 7.13. The van der Waals surface area contributed by atoms with Crippen LogP contribution in [0.15, 0.2) is 53.0 Å². The summed E-state index contributed by atoms with van der Waals surface area (Å²) >= 11 is 4.75. The van der Waals surface area contributed by atoms with Crippen LogP contribution in [0.5, 0.6) is 5.75 Å². The summed E-state index contributed by atoms with van der Waals surface area (Å²) in [6.07, 6.45) is 1.31. The molecular formula is C23H25BrN4O3S. The van der Waals surface area contributed by atoms with Gasteiger partial charge in [-0.15, -0.1) is 10.2 Å². The first-order valence-corrected chi connectivity index (χ1v) is 11.9. The lowest BCUT2D eigenvalue weighted by Gasteiger charge is -2.22. The molecular weight excluding hydrogens is 492 g/mol. The molecule has 9 heteroatoms. The molecule has 32 heavy (non-hydrogen) atoms. The lowest BCUT2D eigenvalue weighted by Crippen LogP contribution is -2.35. The predicted octanol–water partition coefficient (Wildman–Crippen LogP) is 4.79. The molecule has 0 saturated heterocycles. The van der Waals surface area contributed by atoms with Gasteiger partial charge in [-0.05, 0) is 36.2 Å². The van der Waals surface area contributed by atoms with Gasteiger partial charge < -0.3 is 15.0 Å². The maximum atomic E-state index is 12.8. The largest absolute Gasteiger partial charge is 0.497 e. The molecule has 1 aromatic heterocycles.